The van der Waals surface area contributed by atoms with Crippen LogP contribution in [0.5, 0.6) is 0 Å². The Kier molecular flexibility index (Phi) is 5.91. The molecule has 0 spiro atoms. The van der Waals surface area contributed by atoms with Gasteiger partial charge in [0, 0.05) is 25.1 Å². The van der Waals surface area contributed by atoms with Crippen LogP contribution >= 0.6 is 23.2 Å². The molecular weight excluding hydrogens is 365 g/mol. The maximum absolute atomic E-state index is 12.7. The van der Waals surface area contributed by atoms with Crippen LogP contribution in [-0.4, -0.2) is 57.1 Å². The van der Waals surface area contributed by atoms with Crippen molar-refractivity contribution in [1.82, 2.24) is 4.90 Å². The van der Waals surface area contributed by atoms with Crippen LogP contribution in [0.1, 0.15) is 24.3 Å². The number of carbonyl (C=O) groups is 1. The van der Waals surface area contributed by atoms with Crippen LogP contribution in [0.3, 0.4) is 0 Å². The number of fused-ring (bicyclic) bond motifs is 2. The number of piperidine rings is 1. The van der Waals surface area contributed by atoms with E-state index in [0.717, 1.165) is 18.4 Å². The second-order valence-corrected chi connectivity index (χ2v) is 7.54. The van der Waals surface area contributed by atoms with Crippen LogP contribution < -0.4 is 0 Å². The number of halogens is 2. The van der Waals surface area contributed by atoms with Gasteiger partial charge >= 0.3 is 5.97 Å². The van der Waals surface area contributed by atoms with E-state index in [0.29, 0.717) is 16.1 Å². The normalized spacial score (nSPS) is 32.0. The Morgan fingerprint density at radius 2 is 2.00 bits per heavy atom. The maximum atomic E-state index is 12.7. The number of esters is 1. The maximum Gasteiger partial charge on any atom is 0.310 e. The smallest absolute Gasteiger partial charge is 0.310 e. The number of carbonyl (C=O) groups excluding carboxylic acids is 1. The third-order valence-electron chi connectivity index (χ3n) is 5.50. The molecule has 5 atom stereocenters. The molecule has 2 fully saturated rings. The molecule has 2 aliphatic heterocycles. The van der Waals surface area contributed by atoms with Crippen LogP contribution in [0.2, 0.25) is 10.0 Å². The van der Waals surface area contributed by atoms with Crippen LogP contribution in [0, 0.1) is 5.92 Å². The molecule has 2 bridgehead atoms. The van der Waals surface area contributed by atoms with E-state index in [-0.39, 0.29) is 36.7 Å². The number of rotatable bonds is 5. The van der Waals surface area contributed by atoms with Gasteiger partial charge in [0.2, 0.25) is 0 Å². The SMILES string of the molecule is COCO[C@H]1C[C@@H]2C[C@@H](c3ccc(Cl)c(Cl)c3)[C@@H](C(=O)OC)[C@H]1N2C. The van der Waals surface area contributed by atoms with Crippen LogP contribution in [0.4, 0.5) is 0 Å². The van der Waals surface area contributed by atoms with Gasteiger partial charge < -0.3 is 14.2 Å². The van der Waals surface area contributed by atoms with E-state index >= 15 is 0 Å². The van der Waals surface area contributed by atoms with Crippen LogP contribution in [0.15, 0.2) is 18.2 Å². The standard InChI is InChI=1S/C18H23Cl2NO4/c1-21-11-7-12(10-4-5-13(19)14(20)6-10)16(18(22)24-3)17(21)15(8-11)25-9-23-2/h4-6,11-12,15-17H,7-9H2,1-3H3/t11-,12-,15-,16+,17-/m0/s1. The molecular formula is C18H23Cl2NO4. The van der Waals surface area contributed by atoms with Crippen molar-refractivity contribution in [3.8, 4) is 0 Å². The molecule has 1 aromatic rings. The highest BCUT2D eigenvalue weighted by atomic mass is 35.5. The zero-order valence-corrected chi connectivity index (χ0v) is 16.1. The van der Waals surface area contributed by atoms with Crippen molar-refractivity contribution in [2.45, 2.75) is 36.9 Å². The number of methoxy groups -OCH3 is 2. The molecule has 0 radical (unpaired) electrons. The summed E-state index contributed by atoms with van der Waals surface area (Å²) in [5.74, 6) is -0.531. The predicted octanol–water partition coefficient (Wildman–Crippen LogP) is 3.33. The summed E-state index contributed by atoms with van der Waals surface area (Å²) in [6, 6.07) is 5.88. The molecule has 0 amide bonds. The topological polar surface area (TPSA) is 48.0 Å². The molecule has 0 aliphatic carbocycles. The quantitative estimate of drug-likeness (QED) is 0.572. The molecule has 0 unspecified atom stereocenters. The Labute approximate surface area is 158 Å². The average Bonchev–Trinajstić information content (AvgIpc) is 2.80. The second-order valence-electron chi connectivity index (χ2n) is 6.72. The van der Waals surface area contributed by atoms with Crippen molar-refractivity contribution < 1.29 is 19.0 Å². The minimum atomic E-state index is -0.326. The van der Waals surface area contributed by atoms with E-state index in [1.54, 1.807) is 13.2 Å². The molecule has 138 valence electrons. The van der Waals surface area contributed by atoms with Gasteiger partial charge in [-0.15, -0.1) is 0 Å². The summed E-state index contributed by atoms with van der Waals surface area (Å²) in [6.45, 7) is 0.215. The fourth-order valence-electron chi connectivity index (χ4n) is 4.35. The molecule has 1 aromatic carbocycles. The minimum Gasteiger partial charge on any atom is -0.469 e. The van der Waals surface area contributed by atoms with Gasteiger partial charge in [-0.2, -0.15) is 0 Å². The van der Waals surface area contributed by atoms with E-state index in [2.05, 4.69) is 4.90 Å². The van der Waals surface area contributed by atoms with Crippen molar-refractivity contribution in [3.63, 3.8) is 0 Å². The van der Waals surface area contributed by atoms with Gasteiger partial charge in [-0.25, -0.2) is 0 Å². The van der Waals surface area contributed by atoms with Crippen LogP contribution in [-0.2, 0) is 19.0 Å². The highest BCUT2D eigenvalue weighted by Gasteiger charge is 2.54. The molecule has 7 heteroatoms. The van der Waals surface area contributed by atoms with Gasteiger partial charge in [0.15, 0.2) is 0 Å². The number of hydrogen-bond acceptors (Lipinski definition) is 5. The Hall–Kier alpha value is -0.850. The average molecular weight is 388 g/mol. The van der Waals surface area contributed by atoms with Crippen molar-refractivity contribution in [3.05, 3.63) is 33.8 Å². The lowest BCUT2D eigenvalue weighted by molar-refractivity contribution is -0.154. The van der Waals surface area contributed by atoms with Crippen LogP contribution in [0.25, 0.3) is 0 Å². The zero-order valence-electron chi connectivity index (χ0n) is 14.6. The van der Waals surface area contributed by atoms with Crippen molar-refractivity contribution in [2.24, 2.45) is 5.92 Å². The van der Waals surface area contributed by atoms with E-state index in [1.807, 2.05) is 19.2 Å². The summed E-state index contributed by atoms with van der Waals surface area (Å²) >= 11 is 12.3. The fourth-order valence-corrected chi connectivity index (χ4v) is 4.66. The predicted molar refractivity (Wildman–Crippen MR) is 96.0 cm³/mol. The number of nitrogens with zero attached hydrogens (tertiary/aromatic N) is 1. The van der Waals surface area contributed by atoms with Gasteiger partial charge in [0.1, 0.15) is 6.79 Å². The first-order valence-electron chi connectivity index (χ1n) is 8.33. The molecule has 0 saturated carbocycles. The Morgan fingerprint density at radius 1 is 1.24 bits per heavy atom. The second kappa shape index (κ2) is 7.80. The van der Waals surface area contributed by atoms with Gasteiger partial charge in [-0.3, -0.25) is 9.69 Å². The molecule has 0 aromatic heterocycles. The first-order valence-corrected chi connectivity index (χ1v) is 9.08. The van der Waals surface area contributed by atoms with Gasteiger partial charge in [-0.1, -0.05) is 29.3 Å². The number of hydrogen-bond donors (Lipinski definition) is 0. The molecule has 2 saturated heterocycles. The first-order chi connectivity index (χ1) is 12.0. The molecule has 2 heterocycles. The molecule has 5 nitrogen and oxygen atoms in total. The summed E-state index contributed by atoms with van der Waals surface area (Å²) in [5, 5.41) is 1.01. The Balaban J connectivity index is 1.96. The van der Waals surface area contributed by atoms with E-state index in [9.17, 15) is 4.79 Å². The highest BCUT2D eigenvalue weighted by molar-refractivity contribution is 6.42. The molecule has 2 aliphatic rings. The van der Waals surface area contributed by atoms with Crippen molar-refractivity contribution >= 4 is 29.2 Å². The third kappa shape index (κ3) is 3.53. The van der Waals surface area contributed by atoms with E-state index in [1.165, 1.54) is 7.11 Å². The van der Waals surface area contributed by atoms with Gasteiger partial charge in [0.25, 0.3) is 0 Å². The highest BCUT2D eigenvalue weighted by Crippen LogP contribution is 2.48. The summed E-state index contributed by atoms with van der Waals surface area (Å²) in [7, 11) is 5.08. The summed E-state index contributed by atoms with van der Waals surface area (Å²) in [5.41, 5.74) is 1.01. The van der Waals surface area contributed by atoms with Crippen molar-refractivity contribution in [2.75, 3.05) is 28.1 Å². The van der Waals surface area contributed by atoms with E-state index < -0.39 is 0 Å². The monoisotopic (exact) mass is 387 g/mol. The fraction of sp³-hybridized carbons (Fsp3) is 0.611. The molecule has 25 heavy (non-hydrogen) atoms. The Bertz CT molecular complexity index is 642. The lowest BCUT2D eigenvalue weighted by Gasteiger charge is -2.42. The molecule has 0 N–H and O–H groups in total. The van der Waals surface area contributed by atoms with Gasteiger partial charge in [-0.05, 0) is 37.6 Å². The zero-order chi connectivity index (χ0) is 18.1. The molecule has 3 rings (SSSR count). The van der Waals surface area contributed by atoms with Crippen molar-refractivity contribution in [1.29, 1.82) is 0 Å². The summed E-state index contributed by atoms with van der Waals surface area (Å²) < 4.78 is 16.1. The summed E-state index contributed by atoms with van der Waals surface area (Å²) in [4.78, 5) is 14.9. The summed E-state index contributed by atoms with van der Waals surface area (Å²) in [6.07, 6.45) is 1.65. The lowest BCUT2D eigenvalue weighted by Crippen LogP contribution is -2.52. The minimum absolute atomic E-state index is 0.0181. The Morgan fingerprint density at radius 3 is 2.64 bits per heavy atom. The number of likely N-dealkylation sites (N-methyl/N-ethyl adjacent to an activating group) is 1. The van der Waals surface area contributed by atoms with E-state index in [4.69, 9.17) is 37.4 Å². The lowest BCUT2D eigenvalue weighted by atomic mass is 9.76. The number of ether oxygens (including phenoxy) is 3. The third-order valence-corrected chi connectivity index (χ3v) is 6.24. The number of benzene rings is 1. The first kappa shape index (κ1) is 18.9. The largest absolute Gasteiger partial charge is 0.469 e. The van der Waals surface area contributed by atoms with Gasteiger partial charge in [0.05, 0.1) is 29.2 Å².